The van der Waals surface area contributed by atoms with Crippen LogP contribution in [0.2, 0.25) is 0 Å². The third-order valence-electron chi connectivity index (χ3n) is 2.70. The van der Waals surface area contributed by atoms with E-state index in [0.717, 1.165) is 0 Å². The average Bonchev–Trinajstić information content (AvgIpc) is 2.59. The van der Waals surface area contributed by atoms with E-state index in [1.54, 1.807) is 24.3 Å². The van der Waals surface area contributed by atoms with Crippen molar-refractivity contribution in [3.05, 3.63) is 30.3 Å². The molecule has 22 heavy (non-hydrogen) atoms. The fourth-order valence-corrected chi connectivity index (χ4v) is 2.00. The Labute approximate surface area is 135 Å². The molecule has 0 aliphatic carbocycles. The monoisotopic (exact) mass is 354 g/mol. The highest BCUT2D eigenvalue weighted by Crippen LogP contribution is 2.15. The second-order valence-corrected chi connectivity index (χ2v) is 6.76. The van der Waals surface area contributed by atoms with E-state index in [1.165, 1.54) is 7.11 Å². The van der Waals surface area contributed by atoms with Crippen molar-refractivity contribution in [1.29, 1.82) is 0 Å². The van der Waals surface area contributed by atoms with Crippen molar-refractivity contribution in [2.45, 2.75) is 0 Å². The third kappa shape index (κ3) is 7.04. The number of hydrogen-bond acceptors (Lipinski definition) is 9. The Kier molecular flexibility index (Phi) is 10.6. The summed E-state index contributed by atoms with van der Waals surface area (Å²) < 4.78 is 14.2. The maximum Gasteiger partial charge on any atom is 0.758 e. The van der Waals surface area contributed by atoms with E-state index >= 15 is 0 Å². The van der Waals surface area contributed by atoms with Gasteiger partial charge in [-0.3, -0.25) is 3.87 Å². The van der Waals surface area contributed by atoms with Crippen molar-refractivity contribution < 1.29 is 37.9 Å². The molecule has 1 atom stereocenters. The molecule has 0 aliphatic rings. The van der Waals surface area contributed by atoms with Crippen molar-refractivity contribution in [3.8, 4) is 5.75 Å². The molecule has 0 spiro atoms. The Bertz CT molecular complexity index is 368. The molecule has 0 heterocycles. The van der Waals surface area contributed by atoms with Gasteiger partial charge in [-0.25, -0.2) is 0 Å². The first-order chi connectivity index (χ1) is 10.4. The van der Waals surface area contributed by atoms with Gasteiger partial charge >= 0.3 is 9.05 Å². The van der Waals surface area contributed by atoms with Gasteiger partial charge in [0.1, 0.15) is 5.75 Å². The predicted octanol–water partition coefficient (Wildman–Crippen LogP) is -1.06. The lowest BCUT2D eigenvalue weighted by molar-refractivity contribution is -0.0328. The van der Waals surface area contributed by atoms with Gasteiger partial charge < -0.3 is 34.1 Å². The van der Waals surface area contributed by atoms with Gasteiger partial charge in [0.25, 0.3) is 0 Å². The largest absolute Gasteiger partial charge is 0.758 e. The smallest absolute Gasteiger partial charge is 0.480 e. The molecule has 128 valence electrons. The predicted molar refractivity (Wildman–Crippen MR) is 82.9 cm³/mol. The minimum atomic E-state index is -3.57. The number of para-hydroxylation sites is 1. The number of benzene rings is 1. The Balaban J connectivity index is 0.000000433. The summed E-state index contributed by atoms with van der Waals surface area (Å²) in [6.07, 6.45) is 0. The lowest BCUT2D eigenvalue weighted by Crippen LogP contribution is -2.46. The van der Waals surface area contributed by atoms with E-state index in [2.05, 4.69) is 21.2 Å². The maximum absolute atomic E-state index is 9.48. The third-order valence-corrected chi connectivity index (χ3v) is 4.64. The standard InChI is InChI=1S/C7H10O4SSi.C5H12O4/c1-9-13(8,11-12)10-7-5-3-2-4-6-7;6-1-5(2-7,3-8)4-9/h2-6,8,12H,1H3;6-9H,1-4H2. The summed E-state index contributed by atoms with van der Waals surface area (Å²) in [4.78, 5) is 9.48. The zero-order valence-corrected chi connectivity index (χ0v) is 14.0. The van der Waals surface area contributed by atoms with E-state index in [9.17, 15) is 4.80 Å². The first-order valence-electron chi connectivity index (χ1n) is 6.22. The van der Waals surface area contributed by atoms with E-state index in [-0.39, 0.29) is 0 Å². The molecule has 0 bridgehead atoms. The van der Waals surface area contributed by atoms with Gasteiger partial charge in [-0.15, -0.1) is 0 Å². The zero-order valence-electron chi connectivity index (χ0n) is 12.1. The Morgan fingerprint density at radius 2 is 1.45 bits per heavy atom. The van der Waals surface area contributed by atoms with E-state index in [0.29, 0.717) is 5.75 Å². The fourth-order valence-electron chi connectivity index (χ4n) is 1.04. The molecule has 1 unspecified atom stereocenters. The molecule has 0 aliphatic heterocycles. The normalized spacial score (nSPS) is 13.8. The van der Waals surface area contributed by atoms with Gasteiger partial charge in [-0.1, -0.05) is 18.2 Å². The topological polar surface area (TPSA) is 129 Å². The van der Waals surface area contributed by atoms with Crippen LogP contribution in [0.3, 0.4) is 0 Å². The van der Waals surface area contributed by atoms with Crippen LogP contribution in [0.15, 0.2) is 30.3 Å². The molecule has 0 saturated carbocycles. The van der Waals surface area contributed by atoms with Crippen LogP contribution in [0.4, 0.5) is 0 Å². The average molecular weight is 354 g/mol. The number of aliphatic hydroxyl groups is 4. The lowest BCUT2D eigenvalue weighted by atomic mass is 9.93. The molecule has 1 aromatic carbocycles. The molecule has 1 rings (SSSR count). The van der Waals surface area contributed by atoms with Crippen LogP contribution in [0.5, 0.6) is 5.75 Å². The summed E-state index contributed by atoms with van der Waals surface area (Å²) in [5.74, 6) is 0.479. The molecule has 8 nitrogen and oxygen atoms in total. The lowest BCUT2D eigenvalue weighted by Gasteiger charge is -2.23. The van der Waals surface area contributed by atoms with E-state index < -0.39 is 40.9 Å². The van der Waals surface area contributed by atoms with Crippen LogP contribution in [0.1, 0.15) is 0 Å². The Morgan fingerprint density at radius 1 is 1.00 bits per heavy atom. The van der Waals surface area contributed by atoms with E-state index in [4.69, 9.17) is 24.9 Å². The first-order valence-corrected chi connectivity index (χ1v) is 8.26. The highest BCUT2D eigenvalue weighted by atomic mass is 32.1. The summed E-state index contributed by atoms with van der Waals surface area (Å²) >= 11 is 3.47. The Morgan fingerprint density at radius 3 is 1.73 bits per heavy atom. The number of thiol groups is 1. The molecule has 5 N–H and O–H groups in total. The van der Waals surface area contributed by atoms with Gasteiger partial charge in [0.2, 0.25) is 0 Å². The van der Waals surface area contributed by atoms with E-state index in [1.807, 2.05) is 6.07 Å². The summed E-state index contributed by atoms with van der Waals surface area (Å²) in [7, 11) is -2.28. The molecule has 0 amide bonds. The highest BCUT2D eigenvalue weighted by molar-refractivity contribution is 7.76. The number of aliphatic hydroxyl groups excluding tert-OH is 4. The summed E-state index contributed by atoms with van der Waals surface area (Å²) in [6, 6.07) is 8.76. The van der Waals surface area contributed by atoms with Gasteiger partial charge in [0.05, 0.1) is 31.8 Å². The van der Waals surface area contributed by atoms with Crippen molar-refractivity contribution >= 4 is 22.0 Å². The molecule has 0 saturated heterocycles. The first kappa shape index (κ1) is 21.3. The maximum atomic E-state index is 9.48. The SMILES string of the molecule is CO[Si](O)(OS)Oc1ccccc1.OCC(CO)(CO)CO. The second-order valence-electron chi connectivity index (χ2n) is 4.37. The summed E-state index contributed by atoms with van der Waals surface area (Å²) in [5.41, 5.74) is -1.11. The number of rotatable bonds is 8. The minimum absolute atomic E-state index is 0.406. The molecular formula is C12H22O8SSi. The zero-order chi connectivity index (χ0) is 17.1. The van der Waals surface area contributed by atoms with Crippen molar-refractivity contribution in [1.82, 2.24) is 0 Å². The van der Waals surface area contributed by atoms with Gasteiger partial charge in [0.15, 0.2) is 0 Å². The van der Waals surface area contributed by atoms with Crippen LogP contribution in [-0.4, -0.2) is 67.8 Å². The van der Waals surface area contributed by atoms with Crippen LogP contribution in [-0.2, 0) is 8.30 Å². The van der Waals surface area contributed by atoms with Crippen LogP contribution < -0.4 is 4.43 Å². The van der Waals surface area contributed by atoms with Crippen molar-refractivity contribution in [3.63, 3.8) is 0 Å². The number of hydrogen-bond donors (Lipinski definition) is 6. The van der Waals surface area contributed by atoms with Crippen LogP contribution in [0, 0.1) is 5.41 Å². The van der Waals surface area contributed by atoms with Crippen LogP contribution in [0.25, 0.3) is 0 Å². The fraction of sp³-hybridized carbons (Fsp3) is 0.500. The highest BCUT2D eigenvalue weighted by Gasteiger charge is 2.42. The van der Waals surface area contributed by atoms with Gasteiger partial charge in [0, 0.05) is 7.11 Å². The molecule has 1 aromatic rings. The van der Waals surface area contributed by atoms with Gasteiger partial charge in [-0.2, -0.15) is 0 Å². The molecular weight excluding hydrogens is 332 g/mol. The second kappa shape index (κ2) is 10.9. The van der Waals surface area contributed by atoms with Crippen molar-refractivity contribution in [2.24, 2.45) is 5.41 Å². The quantitative estimate of drug-likeness (QED) is 0.198. The molecule has 10 heteroatoms. The summed E-state index contributed by atoms with van der Waals surface area (Å²) in [5, 5.41) is 34.0. The minimum Gasteiger partial charge on any atom is -0.480 e. The summed E-state index contributed by atoms with van der Waals surface area (Å²) in [6.45, 7) is -1.62. The molecule has 0 fully saturated rings. The van der Waals surface area contributed by atoms with Crippen LogP contribution >= 0.6 is 12.9 Å². The molecule has 0 aromatic heterocycles. The van der Waals surface area contributed by atoms with Gasteiger partial charge in [-0.05, 0) is 25.0 Å². The van der Waals surface area contributed by atoms with Crippen molar-refractivity contribution in [2.75, 3.05) is 33.5 Å². The Hall–Kier alpha value is -0.693. The molecule has 0 radical (unpaired) electrons.